The first-order valence-electron chi connectivity index (χ1n) is 5.35. The Hall–Kier alpha value is -1.46. The number of aromatic hydroxyl groups is 1. The zero-order valence-corrected chi connectivity index (χ0v) is 10.2. The highest BCUT2D eigenvalue weighted by atomic mass is 32.1. The van der Waals surface area contributed by atoms with Crippen molar-refractivity contribution in [1.29, 1.82) is 0 Å². The fourth-order valence-corrected chi connectivity index (χ4v) is 2.29. The Morgan fingerprint density at radius 1 is 1.47 bits per heavy atom. The first-order valence-corrected chi connectivity index (χ1v) is 6.16. The van der Waals surface area contributed by atoms with Gasteiger partial charge < -0.3 is 10.4 Å². The molecule has 2 N–H and O–H groups in total. The Morgan fingerprint density at radius 3 is 3.00 bits per heavy atom. The van der Waals surface area contributed by atoms with Crippen LogP contribution < -0.4 is 5.32 Å². The Balaban J connectivity index is 2.21. The van der Waals surface area contributed by atoms with E-state index in [1.54, 1.807) is 12.3 Å². The van der Waals surface area contributed by atoms with Crippen molar-refractivity contribution in [3.05, 3.63) is 35.1 Å². The van der Waals surface area contributed by atoms with E-state index in [1.807, 2.05) is 6.92 Å². The van der Waals surface area contributed by atoms with E-state index in [0.29, 0.717) is 5.56 Å². The molecule has 2 rings (SSSR count). The summed E-state index contributed by atoms with van der Waals surface area (Å²) in [4.78, 5) is 5.35. The number of phenols is 1. The molecule has 0 aliphatic heterocycles. The van der Waals surface area contributed by atoms with Gasteiger partial charge in [-0.25, -0.2) is 9.37 Å². The van der Waals surface area contributed by atoms with Gasteiger partial charge in [0, 0.05) is 23.2 Å². The summed E-state index contributed by atoms with van der Waals surface area (Å²) in [6, 6.07) is 4.30. The van der Waals surface area contributed by atoms with E-state index in [9.17, 15) is 4.39 Å². The lowest BCUT2D eigenvalue weighted by Crippen LogP contribution is -2.10. The average Bonchev–Trinajstić information content (AvgIpc) is 2.79. The predicted octanol–water partition coefficient (Wildman–Crippen LogP) is 2.76. The third-order valence-electron chi connectivity index (χ3n) is 2.30. The molecular weight excluding hydrogens is 239 g/mol. The second-order valence-electron chi connectivity index (χ2n) is 3.58. The maximum atomic E-state index is 13.2. The smallest absolute Gasteiger partial charge is 0.165 e. The van der Waals surface area contributed by atoms with Gasteiger partial charge in [0.05, 0.1) is 0 Å². The molecule has 2 aromatic rings. The van der Waals surface area contributed by atoms with Gasteiger partial charge >= 0.3 is 0 Å². The molecule has 0 fully saturated rings. The molecule has 0 aliphatic carbocycles. The summed E-state index contributed by atoms with van der Waals surface area (Å²) in [5.41, 5.74) is 0.688. The summed E-state index contributed by atoms with van der Waals surface area (Å²) >= 11 is 1.52. The van der Waals surface area contributed by atoms with Gasteiger partial charge in [-0.3, -0.25) is 0 Å². The Kier molecular flexibility index (Phi) is 3.71. The van der Waals surface area contributed by atoms with E-state index in [-0.39, 0.29) is 5.75 Å². The lowest BCUT2D eigenvalue weighted by molar-refractivity contribution is 0.432. The lowest BCUT2D eigenvalue weighted by atomic mass is 10.2. The summed E-state index contributed by atoms with van der Waals surface area (Å²) in [6.07, 6.45) is 1.79. The van der Waals surface area contributed by atoms with Crippen LogP contribution in [0.5, 0.6) is 5.75 Å². The largest absolute Gasteiger partial charge is 0.505 e. The number of benzene rings is 1. The Morgan fingerprint density at radius 2 is 2.29 bits per heavy atom. The molecule has 0 amide bonds. The number of thiazole rings is 1. The normalized spacial score (nSPS) is 10.7. The summed E-state index contributed by atoms with van der Waals surface area (Å²) in [5.74, 6) is -0.955. The molecule has 0 radical (unpaired) electrons. The van der Waals surface area contributed by atoms with Crippen molar-refractivity contribution in [3.63, 3.8) is 0 Å². The third-order valence-corrected chi connectivity index (χ3v) is 3.34. The molecule has 0 aliphatic rings. The van der Waals surface area contributed by atoms with Crippen LogP contribution in [0, 0.1) is 5.82 Å². The first kappa shape index (κ1) is 12.0. The molecule has 90 valence electrons. The van der Waals surface area contributed by atoms with Gasteiger partial charge in [-0.1, -0.05) is 6.92 Å². The highest BCUT2D eigenvalue weighted by molar-refractivity contribution is 7.15. The molecule has 0 saturated carbocycles. The fourth-order valence-electron chi connectivity index (χ4n) is 1.41. The van der Waals surface area contributed by atoms with E-state index in [0.717, 1.165) is 23.0 Å². The monoisotopic (exact) mass is 252 g/mol. The molecule has 0 saturated heterocycles. The SMILES string of the molecule is CCNCc1cnc(-c2ccc(O)c(F)c2)s1. The van der Waals surface area contributed by atoms with Crippen molar-refractivity contribution >= 4 is 11.3 Å². The second-order valence-corrected chi connectivity index (χ2v) is 4.69. The molecule has 1 heterocycles. The summed E-state index contributed by atoms with van der Waals surface area (Å²) < 4.78 is 13.2. The van der Waals surface area contributed by atoms with E-state index in [4.69, 9.17) is 5.11 Å². The van der Waals surface area contributed by atoms with Crippen molar-refractivity contribution in [2.75, 3.05) is 6.54 Å². The zero-order valence-electron chi connectivity index (χ0n) is 9.40. The fraction of sp³-hybridized carbons (Fsp3) is 0.250. The van der Waals surface area contributed by atoms with Gasteiger partial charge in [0.15, 0.2) is 11.6 Å². The van der Waals surface area contributed by atoms with E-state index < -0.39 is 5.82 Å². The van der Waals surface area contributed by atoms with Gasteiger partial charge in [-0.15, -0.1) is 11.3 Å². The number of nitrogens with one attached hydrogen (secondary N) is 1. The number of nitrogens with zero attached hydrogens (tertiary/aromatic N) is 1. The molecule has 3 nitrogen and oxygen atoms in total. The van der Waals surface area contributed by atoms with Crippen LogP contribution >= 0.6 is 11.3 Å². The quantitative estimate of drug-likeness (QED) is 0.879. The Bertz CT molecular complexity index is 513. The molecule has 1 aromatic carbocycles. The van der Waals surface area contributed by atoms with E-state index >= 15 is 0 Å². The van der Waals surface area contributed by atoms with E-state index in [2.05, 4.69) is 10.3 Å². The van der Waals surface area contributed by atoms with Gasteiger partial charge in [0.1, 0.15) is 5.01 Å². The minimum atomic E-state index is -0.620. The van der Waals surface area contributed by atoms with Crippen LogP contribution in [-0.2, 0) is 6.54 Å². The van der Waals surface area contributed by atoms with Gasteiger partial charge in [0.2, 0.25) is 0 Å². The van der Waals surface area contributed by atoms with Gasteiger partial charge in [0.25, 0.3) is 0 Å². The van der Waals surface area contributed by atoms with Crippen LogP contribution in [-0.4, -0.2) is 16.6 Å². The third kappa shape index (κ3) is 2.81. The molecular formula is C12H13FN2OS. The van der Waals surface area contributed by atoms with Crippen molar-refractivity contribution in [2.45, 2.75) is 13.5 Å². The molecule has 5 heteroatoms. The Labute approximate surface area is 103 Å². The van der Waals surface area contributed by atoms with Crippen molar-refractivity contribution in [1.82, 2.24) is 10.3 Å². The highest BCUT2D eigenvalue weighted by Gasteiger charge is 2.07. The molecule has 0 spiro atoms. The minimum absolute atomic E-state index is 0.335. The number of hydrogen-bond donors (Lipinski definition) is 2. The van der Waals surface area contributed by atoms with Crippen molar-refractivity contribution in [2.24, 2.45) is 0 Å². The minimum Gasteiger partial charge on any atom is -0.505 e. The van der Waals surface area contributed by atoms with Crippen LogP contribution in [0.4, 0.5) is 4.39 Å². The standard InChI is InChI=1S/C12H13FN2OS/c1-2-14-6-9-7-15-12(17-9)8-3-4-11(16)10(13)5-8/h3-5,7,14,16H,2,6H2,1H3. The van der Waals surface area contributed by atoms with Crippen LogP contribution in [0.1, 0.15) is 11.8 Å². The zero-order chi connectivity index (χ0) is 12.3. The van der Waals surface area contributed by atoms with Crippen LogP contribution in [0.3, 0.4) is 0 Å². The van der Waals surface area contributed by atoms with Gasteiger partial charge in [-0.05, 0) is 24.7 Å². The number of phenolic OH excluding ortho intramolecular Hbond substituents is 1. The molecule has 0 atom stereocenters. The molecule has 17 heavy (non-hydrogen) atoms. The predicted molar refractivity (Wildman–Crippen MR) is 66.6 cm³/mol. The summed E-state index contributed by atoms with van der Waals surface area (Å²) in [5, 5.41) is 13.1. The van der Waals surface area contributed by atoms with E-state index in [1.165, 1.54) is 23.5 Å². The number of aromatic nitrogens is 1. The maximum absolute atomic E-state index is 13.2. The lowest BCUT2D eigenvalue weighted by Gasteiger charge is -1.98. The first-order chi connectivity index (χ1) is 8.20. The second kappa shape index (κ2) is 5.25. The number of hydrogen-bond acceptors (Lipinski definition) is 4. The average molecular weight is 252 g/mol. The van der Waals surface area contributed by atoms with Crippen molar-refractivity contribution < 1.29 is 9.50 Å². The van der Waals surface area contributed by atoms with Crippen LogP contribution in [0.15, 0.2) is 24.4 Å². The maximum Gasteiger partial charge on any atom is 0.165 e. The highest BCUT2D eigenvalue weighted by Crippen LogP contribution is 2.28. The topological polar surface area (TPSA) is 45.2 Å². The van der Waals surface area contributed by atoms with Gasteiger partial charge in [-0.2, -0.15) is 0 Å². The van der Waals surface area contributed by atoms with Crippen LogP contribution in [0.2, 0.25) is 0 Å². The summed E-state index contributed by atoms with van der Waals surface area (Å²) in [6.45, 7) is 3.72. The number of rotatable bonds is 4. The molecule has 0 unspecified atom stereocenters. The molecule has 0 bridgehead atoms. The summed E-state index contributed by atoms with van der Waals surface area (Å²) in [7, 11) is 0. The molecule has 1 aromatic heterocycles. The van der Waals surface area contributed by atoms with Crippen LogP contribution in [0.25, 0.3) is 10.6 Å². The number of halogens is 1. The van der Waals surface area contributed by atoms with Crippen molar-refractivity contribution in [3.8, 4) is 16.3 Å².